The molecule has 1 aromatic heterocycles. The molecule has 5 nitrogen and oxygen atoms in total. The zero-order valence-electron chi connectivity index (χ0n) is 12.1. The second-order valence-corrected chi connectivity index (χ2v) is 5.77. The van der Waals surface area contributed by atoms with Crippen LogP contribution in [0.2, 0.25) is 0 Å². The van der Waals surface area contributed by atoms with Crippen LogP contribution >= 0.6 is 0 Å². The second kappa shape index (κ2) is 6.02. The van der Waals surface area contributed by atoms with E-state index in [1.807, 2.05) is 27.7 Å². The zero-order valence-corrected chi connectivity index (χ0v) is 12.1. The molecule has 19 heavy (non-hydrogen) atoms. The van der Waals surface area contributed by atoms with Gasteiger partial charge in [0.25, 0.3) is 5.56 Å². The van der Waals surface area contributed by atoms with Gasteiger partial charge in [-0.1, -0.05) is 20.8 Å². The molecule has 3 N–H and O–H groups in total. The number of nitrogens with one attached hydrogen (secondary N) is 1. The average Bonchev–Trinajstić information content (AvgIpc) is 2.30. The summed E-state index contributed by atoms with van der Waals surface area (Å²) in [5.41, 5.74) is 6.40. The molecule has 0 aliphatic heterocycles. The Morgan fingerprint density at radius 1 is 1.42 bits per heavy atom. The highest BCUT2D eigenvalue weighted by Crippen LogP contribution is 2.20. The molecule has 0 aromatic carbocycles. The smallest absolute Gasteiger partial charge is 0.250 e. The lowest BCUT2D eigenvalue weighted by atomic mass is 9.85. The van der Waals surface area contributed by atoms with Gasteiger partial charge in [-0.15, -0.1) is 0 Å². The number of pyridine rings is 1. The van der Waals surface area contributed by atoms with E-state index in [0.717, 1.165) is 0 Å². The van der Waals surface area contributed by atoms with E-state index in [-0.39, 0.29) is 29.3 Å². The number of anilines is 1. The monoisotopic (exact) mass is 265 g/mol. The van der Waals surface area contributed by atoms with E-state index >= 15 is 0 Å². The first-order valence-electron chi connectivity index (χ1n) is 6.50. The third-order valence-corrected chi connectivity index (χ3v) is 3.13. The summed E-state index contributed by atoms with van der Waals surface area (Å²) in [5.74, 6) is -0.135. The summed E-state index contributed by atoms with van der Waals surface area (Å²) in [6, 6.07) is 2.85. The van der Waals surface area contributed by atoms with Crippen LogP contribution in [-0.2, 0) is 11.3 Å². The van der Waals surface area contributed by atoms with Gasteiger partial charge in [-0.05, 0) is 18.4 Å². The van der Waals surface area contributed by atoms with Crippen molar-refractivity contribution in [3.63, 3.8) is 0 Å². The van der Waals surface area contributed by atoms with Gasteiger partial charge in [0.05, 0.1) is 5.69 Å². The number of hydrogen-bond acceptors (Lipinski definition) is 3. The molecule has 106 valence electrons. The Hall–Kier alpha value is -1.62. The molecule has 0 aliphatic rings. The third kappa shape index (κ3) is 4.52. The van der Waals surface area contributed by atoms with Crippen LogP contribution < -0.4 is 16.6 Å². The van der Waals surface area contributed by atoms with E-state index in [1.54, 1.807) is 16.8 Å². The number of nitrogens with two attached hydrogens (primary N) is 1. The molecule has 0 aliphatic carbocycles. The standard InChI is InChI=1S/C14H23N3O2/c1-5-17-9-10(6-7-13(17)19)16-12(18)8-11(15)14(2,3)4/h6-7,9,11H,5,8,15H2,1-4H3,(H,16,18). The van der Waals surface area contributed by atoms with Crippen molar-refractivity contribution in [2.24, 2.45) is 11.1 Å². The van der Waals surface area contributed by atoms with Gasteiger partial charge in [0, 0.05) is 31.3 Å². The Balaban J connectivity index is 2.70. The molecule has 0 saturated carbocycles. The van der Waals surface area contributed by atoms with Crippen molar-refractivity contribution in [3.8, 4) is 0 Å². The lowest BCUT2D eigenvalue weighted by Gasteiger charge is -2.26. The number of nitrogens with zero attached hydrogens (tertiary/aromatic N) is 1. The topological polar surface area (TPSA) is 77.1 Å². The maximum absolute atomic E-state index is 11.9. The molecule has 1 atom stereocenters. The van der Waals surface area contributed by atoms with Gasteiger partial charge in [0.15, 0.2) is 0 Å². The van der Waals surface area contributed by atoms with E-state index in [2.05, 4.69) is 5.32 Å². The number of aromatic nitrogens is 1. The van der Waals surface area contributed by atoms with E-state index in [9.17, 15) is 9.59 Å². The van der Waals surface area contributed by atoms with Crippen LogP contribution in [0.15, 0.2) is 23.1 Å². The fraction of sp³-hybridized carbons (Fsp3) is 0.571. The lowest BCUT2D eigenvalue weighted by Crippen LogP contribution is -2.38. The molecule has 1 amide bonds. The Labute approximate surface area is 113 Å². The van der Waals surface area contributed by atoms with Crippen molar-refractivity contribution < 1.29 is 4.79 Å². The lowest BCUT2D eigenvalue weighted by molar-refractivity contribution is -0.117. The Bertz CT molecular complexity index is 500. The van der Waals surface area contributed by atoms with Gasteiger partial charge in [-0.3, -0.25) is 9.59 Å². The molecule has 1 heterocycles. The maximum Gasteiger partial charge on any atom is 0.250 e. The summed E-state index contributed by atoms with van der Waals surface area (Å²) in [4.78, 5) is 23.3. The largest absolute Gasteiger partial charge is 0.327 e. The molecule has 0 saturated heterocycles. The van der Waals surface area contributed by atoms with Gasteiger partial charge in [0.2, 0.25) is 5.91 Å². The Morgan fingerprint density at radius 2 is 2.05 bits per heavy atom. The van der Waals surface area contributed by atoms with Crippen LogP contribution in [0.5, 0.6) is 0 Å². The number of hydrogen-bond donors (Lipinski definition) is 2. The first-order chi connectivity index (χ1) is 8.74. The maximum atomic E-state index is 11.9. The quantitative estimate of drug-likeness (QED) is 0.867. The summed E-state index contributed by atoms with van der Waals surface area (Å²) in [7, 11) is 0. The summed E-state index contributed by atoms with van der Waals surface area (Å²) >= 11 is 0. The normalized spacial score (nSPS) is 13.1. The van der Waals surface area contributed by atoms with Crippen LogP contribution in [0.1, 0.15) is 34.1 Å². The van der Waals surface area contributed by atoms with Crippen molar-refractivity contribution in [3.05, 3.63) is 28.7 Å². The summed E-state index contributed by atoms with van der Waals surface area (Å²) < 4.78 is 1.54. The van der Waals surface area contributed by atoms with Crippen LogP contribution in [0.25, 0.3) is 0 Å². The van der Waals surface area contributed by atoms with E-state index in [1.165, 1.54) is 6.07 Å². The molecule has 0 bridgehead atoms. The van der Waals surface area contributed by atoms with Crippen LogP contribution in [-0.4, -0.2) is 16.5 Å². The SMILES string of the molecule is CCn1cc(NC(=O)CC(N)C(C)(C)C)ccc1=O. The molecule has 0 radical (unpaired) electrons. The summed E-state index contributed by atoms with van der Waals surface area (Å²) in [6.07, 6.45) is 1.90. The average molecular weight is 265 g/mol. The molecule has 5 heteroatoms. The number of amides is 1. The zero-order chi connectivity index (χ0) is 14.6. The molecule has 1 unspecified atom stereocenters. The van der Waals surface area contributed by atoms with Crippen molar-refractivity contribution in [2.45, 2.75) is 46.7 Å². The van der Waals surface area contributed by atoms with Gasteiger partial charge in [0.1, 0.15) is 0 Å². The highest BCUT2D eigenvalue weighted by molar-refractivity contribution is 5.90. The fourth-order valence-electron chi connectivity index (χ4n) is 1.57. The number of rotatable bonds is 4. The first kappa shape index (κ1) is 15.4. The van der Waals surface area contributed by atoms with Crippen molar-refractivity contribution in [1.82, 2.24) is 4.57 Å². The van der Waals surface area contributed by atoms with Crippen molar-refractivity contribution >= 4 is 11.6 Å². The van der Waals surface area contributed by atoms with E-state index in [0.29, 0.717) is 12.2 Å². The third-order valence-electron chi connectivity index (χ3n) is 3.13. The summed E-state index contributed by atoms with van der Waals surface area (Å²) in [6.45, 7) is 8.46. The number of aryl methyl sites for hydroxylation is 1. The predicted molar refractivity (Wildman–Crippen MR) is 77.1 cm³/mol. The van der Waals surface area contributed by atoms with Crippen LogP contribution in [0.4, 0.5) is 5.69 Å². The number of carbonyl (C=O) groups excluding carboxylic acids is 1. The first-order valence-corrected chi connectivity index (χ1v) is 6.50. The molecule has 1 rings (SSSR count). The highest BCUT2D eigenvalue weighted by Gasteiger charge is 2.23. The van der Waals surface area contributed by atoms with E-state index < -0.39 is 0 Å². The molecule has 1 aromatic rings. The van der Waals surface area contributed by atoms with Crippen molar-refractivity contribution in [2.75, 3.05) is 5.32 Å². The van der Waals surface area contributed by atoms with Gasteiger partial charge in [-0.25, -0.2) is 0 Å². The van der Waals surface area contributed by atoms with Crippen LogP contribution in [0, 0.1) is 5.41 Å². The van der Waals surface area contributed by atoms with Gasteiger partial charge >= 0.3 is 0 Å². The molecular formula is C14H23N3O2. The highest BCUT2D eigenvalue weighted by atomic mass is 16.1. The predicted octanol–water partition coefficient (Wildman–Crippen LogP) is 1.57. The number of carbonyl (C=O) groups is 1. The van der Waals surface area contributed by atoms with Gasteiger partial charge < -0.3 is 15.6 Å². The Morgan fingerprint density at radius 3 is 2.58 bits per heavy atom. The second-order valence-electron chi connectivity index (χ2n) is 5.77. The van der Waals surface area contributed by atoms with E-state index in [4.69, 9.17) is 5.73 Å². The molecule has 0 spiro atoms. The minimum atomic E-state index is -0.204. The van der Waals surface area contributed by atoms with Gasteiger partial charge in [-0.2, -0.15) is 0 Å². The minimum Gasteiger partial charge on any atom is -0.327 e. The minimum absolute atomic E-state index is 0.0770. The van der Waals surface area contributed by atoms with Crippen LogP contribution in [0.3, 0.4) is 0 Å². The molecule has 0 fully saturated rings. The fourth-order valence-corrected chi connectivity index (χ4v) is 1.57. The Kier molecular flexibility index (Phi) is 4.89. The summed E-state index contributed by atoms with van der Waals surface area (Å²) in [5, 5.41) is 2.77. The van der Waals surface area contributed by atoms with Crippen molar-refractivity contribution in [1.29, 1.82) is 0 Å². The molecular weight excluding hydrogens is 242 g/mol.